The Morgan fingerprint density at radius 2 is 1.80 bits per heavy atom. The summed E-state index contributed by atoms with van der Waals surface area (Å²) in [5.41, 5.74) is 1.02. The second kappa shape index (κ2) is 10.4. The third kappa shape index (κ3) is 5.58. The summed E-state index contributed by atoms with van der Waals surface area (Å²) in [6.45, 7) is 5.62. The van der Waals surface area contributed by atoms with Gasteiger partial charge in [-0.2, -0.15) is 9.57 Å². The van der Waals surface area contributed by atoms with Gasteiger partial charge in [0.25, 0.3) is 0 Å². The zero-order valence-electron chi connectivity index (χ0n) is 17.5. The highest BCUT2D eigenvalue weighted by Crippen LogP contribution is 2.19. The van der Waals surface area contributed by atoms with Gasteiger partial charge < -0.3 is 9.64 Å². The first-order valence-corrected chi connectivity index (χ1v) is 11.9. The van der Waals surface area contributed by atoms with Gasteiger partial charge in [0.1, 0.15) is 0 Å². The van der Waals surface area contributed by atoms with Crippen LogP contribution in [0.15, 0.2) is 29.2 Å². The van der Waals surface area contributed by atoms with E-state index in [0.717, 1.165) is 18.4 Å². The minimum atomic E-state index is -3.51. The molecule has 2 aliphatic rings. The molecule has 0 atom stereocenters. The molecule has 1 amide bonds. The highest BCUT2D eigenvalue weighted by Gasteiger charge is 2.31. The number of ether oxygens (including phenoxy) is 1. The van der Waals surface area contributed by atoms with E-state index in [-0.39, 0.29) is 18.5 Å². The number of piperazine rings is 1. The van der Waals surface area contributed by atoms with Crippen LogP contribution in [0.1, 0.15) is 24.8 Å². The van der Waals surface area contributed by atoms with Crippen molar-refractivity contribution in [3.05, 3.63) is 29.8 Å². The second-order valence-corrected chi connectivity index (χ2v) is 9.77. The first kappa shape index (κ1) is 22.7. The van der Waals surface area contributed by atoms with E-state index in [4.69, 9.17) is 10.00 Å². The first-order valence-electron chi connectivity index (χ1n) is 10.4. The van der Waals surface area contributed by atoms with Gasteiger partial charge >= 0.3 is 0 Å². The van der Waals surface area contributed by atoms with Crippen LogP contribution in [0.3, 0.4) is 0 Å². The van der Waals surface area contributed by atoms with Crippen molar-refractivity contribution in [2.75, 3.05) is 52.5 Å². The smallest absolute Gasteiger partial charge is 0.243 e. The SMILES string of the molecule is Cc1ccc(S(=O)(=O)N2CCN(CC(=O)N(CCC#N)C3CCOCC3)CC2)cc1. The number of carbonyl (C=O) groups is 1. The minimum Gasteiger partial charge on any atom is -0.381 e. The molecule has 164 valence electrons. The molecule has 2 saturated heterocycles. The number of carbonyl (C=O) groups excluding carboxylic acids is 1. The van der Waals surface area contributed by atoms with Gasteiger partial charge in [0.2, 0.25) is 15.9 Å². The molecular formula is C21H30N4O4S. The van der Waals surface area contributed by atoms with Crippen molar-refractivity contribution < 1.29 is 17.9 Å². The number of hydrogen-bond acceptors (Lipinski definition) is 6. The van der Waals surface area contributed by atoms with E-state index in [2.05, 4.69) is 6.07 Å². The summed E-state index contributed by atoms with van der Waals surface area (Å²) in [6.07, 6.45) is 1.89. The summed E-state index contributed by atoms with van der Waals surface area (Å²) in [7, 11) is -3.51. The standard InChI is InChI=1S/C21H30N4O4S/c1-18-3-5-20(6-4-18)30(27,28)24-13-11-23(12-14-24)17-21(26)25(10-2-9-22)19-7-15-29-16-8-19/h3-6,19H,2,7-8,10-17H2,1H3. The number of hydrogen-bond donors (Lipinski definition) is 0. The molecule has 0 bridgehead atoms. The lowest BCUT2D eigenvalue weighted by Crippen LogP contribution is -2.53. The summed E-state index contributed by atoms with van der Waals surface area (Å²) in [5, 5.41) is 8.95. The predicted molar refractivity (Wildman–Crippen MR) is 112 cm³/mol. The summed E-state index contributed by atoms with van der Waals surface area (Å²) >= 11 is 0. The third-order valence-electron chi connectivity index (χ3n) is 5.77. The molecule has 1 aromatic carbocycles. The van der Waals surface area contributed by atoms with E-state index < -0.39 is 10.0 Å². The van der Waals surface area contributed by atoms with Crippen LogP contribution < -0.4 is 0 Å². The van der Waals surface area contributed by atoms with E-state index in [1.165, 1.54) is 4.31 Å². The topological polar surface area (TPSA) is 94.0 Å². The Bertz CT molecular complexity index is 852. The van der Waals surface area contributed by atoms with Gasteiger partial charge in [0.15, 0.2) is 0 Å². The van der Waals surface area contributed by atoms with Crippen LogP contribution in [0.4, 0.5) is 0 Å². The fourth-order valence-corrected chi connectivity index (χ4v) is 5.37. The summed E-state index contributed by atoms with van der Waals surface area (Å²) in [6, 6.07) is 9.12. The van der Waals surface area contributed by atoms with Crippen LogP contribution in [-0.4, -0.2) is 87.0 Å². The fourth-order valence-electron chi connectivity index (χ4n) is 3.95. The van der Waals surface area contributed by atoms with Gasteiger partial charge in [-0.15, -0.1) is 0 Å². The normalized spacial score (nSPS) is 19.3. The number of benzene rings is 1. The first-order chi connectivity index (χ1) is 14.4. The molecular weight excluding hydrogens is 404 g/mol. The monoisotopic (exact) mass is 434 g/mol. The molecule has 2 aliphatic heterocycles. The maximum atomic E-state index is 13.0. The lowest BCUT2D eigenvalue weighted by molar-refractivity contribution is -0.136. The Hall–Kier alpha value is -1.99. The van der Waals surface area contributed by atoms with E-state index in [1.807, 2.05) is 16.7 Å². The number of amides is 1. The summed E-state index contributed by atoms with van der Waals surface area (Å²) in [5.74, 6) is 0.00647. The lowest BCUT2D eigenvalue weighted by Gasteiger charge is -2.37. The quantitative estimate of drug-likeness (QED) is 0.641. The summed E-state index contributed by atoms with van der Waals surface area (Å²) in [4.78, 5) is 17.1. The Balaban J connectivity index is 1.56. The van der Waals surface area contributed by atoms with Crippen molar-refractivity contribution in [2.24, 2.45) is 0 Å². The molecule has 0 N–H and O–H groups in total. The molecule has 2 fully saturated rings. The lowest BCUT2D eigenvalue weighted by atomic mass is 10.1. The van der Waals surface area contributed by atoms with E-state index >= 15 is 0 Å². The second-order valence-electron chi connectivity index (χ2n) is 7.83. The predicted octanol–water partition coefficient (Wildman–Crippen LogP) is 1.22. The van der Waals surface area contributed by atoms with Crippen LogP contribution in [0.2, 0.25) is 0 Å². The van der Waals surface area contributed by atoms with Crippen molar-refractivity contribution in [2.45, 2.75) is 37.1 Å². The number of sulfonamides is 1. The van der Waals surface area contributed by atoms with Crippen molar-refractivity contribution in [3.8, 4) is 6.07 Å². The molecule has 9 heteroatoms. The molecule has 0 radical (unpaired) electrons. The van der Waals surface area contributed by atoms with Crippen LogP contribution >= 0.6 is 0 Å². The molecule has 8 nitrogen and oxygen atoms in total. The number of aryl methyl sites for hydroxylation is 1. The molecule has 0 saturated carbocycles. The molecule has 1 aromatic rings. The number of rotatable bonds is 7. The van der Waals surface area contributed by atoms with Gasteiger partial charge in [-0.1, -0.05) is 17.7 Å². The average Bonchev–Trinajstić information content (AvgIpc) is 2.75. The molecule has 2 heterocycles. The fraction of sp³-hybridized carbons (Fsp3) is 0.619. The highest BCUT2D eigenvalue weighted by atomic mass is 32.2. The van der Waals surface area contributed by atoms with Crippen molar-refractivity contribution in [1.29, 1.82) is 5.26 Å². The molecule has 0 aromatic heterocycles. The highest BCUT2D eigenvalue weighted by molar-refractivity contribution is 7.89. The molecule has 30 heavy (non-hydrogen) atoms. The van der Waals surface area contributed by atoms with Crippen LogP contribution in [-0.2, 0) is 19.6 Å². The third-order valence-corrected chi connectivity index (χ3v) is 7.68. The van der Waals surface area contributed by atoms with Crippen LogP contribution in [0, 0.1) is 18.3 Å². The average molecular weight is 435 g/mol. The van der Waals surface area contributed by atoms with Gasteiger partial charge in [0, 0.05) is 52.0 Å². The van der Waals surface area contributed by atoms with E-state index in [1.54, 1.807) is 24.3 Å². The van der Waals surface area contributed by atoms with Gasteiger partial charge in [-0.05, 0) is 31.9 Å². The largest absolute Gasteiger partial charge is 0.381 e. The van der Waals surface area contributed by atoms with Crippen molar-refractivity contribution in [3.63, 3.8) is 0 Å². The van der Waals surface area contributed by atoms with Gasteiger partial charge in [0.05, 0.1) is 23.9 Å². The van der Waals surface area contributed by atoms with E-state index in [0.29, 0.717) is 57.3 Å². The zero-order valence-corrected chi connectivity index (χ0v) is 18.3. The molecule has 0 aliphatic carbocycles. The maximum absolute atomic E-state index is 13.0. The Morgan fingerprint density at radius 1 is 1.17 bits per heavy atom. The maximum Gasteiger partial charge on any atom is 0.243 e. The molecule has 3 rings (SSSR count). The Morgan fingerprint density at radius 3 is 2.40 bits per heavy atom. The Kier molecular flexibility index (Phi) is 7.83. The van der Waals surface area contributed by atoms with Crippen molar-refractivity contribution in [1.82, 2.24) is 14.1 Å². The number of nitrogens with zero attached hydrogens (tertiary/aromatic N) is 4. The zero-order chi connectivity index (χ0) is 21.6. The van der Waals surface area contributed by atoms with Gasteiger partial charge in [-0.25, -0.2) is 8.42 Å². The Labute approximate surface area is 179 Å². The number of nitriles is 1. The molecule has 0 unspecified atom stereocenters. The van der Waals surface area contributed by atoms with Crippen molar-refractivity contribution >= 4 is 15.9 Å². The molecule has 0 spiro atoms. The minimum absolute atomic E-state index is 0.00647. The van der Waals surface area contributed by atoms with Crippen LogP contribution in [0.25, 0.3) is 0 Å². The van der Waals surface area contributed by atoms with E-state index in [9.17, 15) is 13.2 Å². The van der Waals surface area contributed by atoms with Gasteiger partial charge in [-0.3, -0.25) is 9.69 Å². The summed E-state index contributed by atoms with van der Waals surface area (Å²) < 4.78 is 32.6. The van der Waals surface area contributed by atoms with Crippen LogP contribution in [0.5, 0.6) is 0 Å².